The molecule has 170 valence electrons. The SMILES string of the molecule is CCCOc1ccc(Br)cc1C(=O)NC(=S)Nc1cccc(C(=O)Nc2cccc(C)c2)c1. The van der Waals surface area contributed by atoms with Gasteiger partial charge in [-0.15, -0.1) is 0 Å². The number of benzene rings is 3. The average Bonchev–Trinajstić information content (AvgIpc) is 2.78. The first-order valence-electron chi connectivity index (χ1n) is 10.4. The van der Waals surface area contributed by atoms with Crippen molar-refractivity contribution in [1.29, 1.82) is 0 Å². The Morgan fingerprint density at radius 3 is 2.39 bits per heavy atom. The fourth-order valence-corrected chi connectivity index (χ4v) is 3.59. The van der Waals surface area contributed by atoms with Crippen molar-refractivity contribution >= 4 is 56.4 Å². The number of hydrogen-bond acceptors (Lipinski definition) is 4. The Hall–Kier alpha value is -3.23. The molecule has 2 amide bonds. The molecule has 0 radical (unpaired) electrons. The zero-order valence-electron chi connectivity index (χ0n) is 18.3. The highest BCUT2D eigenvalue weighted by Crippen LogP contribution is 2.23. The molecule has 8 heteroatoms. The monoisotopic (exact) mass is 525 g/mol. The summed E-state index contributed by atoms with van der Waals surface area (Å²) in [5.74, 6) is -0.158. The minimum atomic E-state index is -0.395. The molecule has 3 rings (SSSR count). The van der Waals surface area contributed by atoms with Gasteiger partial charge in [0.2, 0.25) is 0 Å². The van der Waals surface area contributed by atoms with E-state index in [4.69, 9.17) is 17.0 Å². The Bertz CT molecular complexity index is 1180. The average molecular weight is 526 g/mol. The van der Waals surface area contributed by atoms with Crippen molar-refractivity contribution in [2.45, 2.75) is 20.3 Å². The summed E-state index contributed by atoms with van der Waals surface area (Å²) in [6.45, 7) is 4.46. The molecule has 0 fully saturated rings. The third kappa shape index (κ3) is 7.13. The summed E-state index contributed by atoms with van der Waals surface area (Å²) in [6.07, 6.45) is 0.824. The maximum Gasteiger partial charge on any atom is 0.261 e. The molecule has 0 aliphatic heterocycles. The van der Waals surface area contributed by atoms with Crippen molar-refractivity contribution in [1.82, 2.24) is 5.32 Å². The molecule has 0 atom stereocenters. The summed E-state index contributed by atoms with van der Waals surface area (Å²) in [7, 11) is 0. The Morgan fingerprint density at radius 1 is 0.939 bits per heavy atom. The molecule has 0 heterocycles. The predicted octanol–water partition coefficient (Wildman–Crippen LogP) is 5.93. The van der Waals surface area contributed by atoms with E-state index in [1.54, 1.807) is 36.4 Å². The zero-order chi connectivity index (χ0) is 23.8. The largest absolute Gasteiger partial charge is 0.493 e. The highest BCUT2D eigenvalue weighted by atomic mass is 79.9. The van der Waals surface area contributed by atoms with Crippen LogP contribution in [0.1, 0.15) is 39.6 Å². The summed E-state index contributed by atoms with van der Waals surface area (Å²) in [5.41, 5.74) is 3.18. The van der Waals surface area contributed by atoms with E-state index < -0.39 is 5.91 Å². The van der Waals surface area contributed by atoms with E-state index in [1.165, 1.54) is 0 Å². The lowest BCUT2D eigenvalue weighted by molar-refractivity contribution is 0.0972. The van der Waals surface area contributed by atoms with Crippen LogP contribution in [0.3, 0.4) is 0 Å². The summed E-state index contributed by atoms with van der Waals surface area (Å²) in [5, 5.41) is 8.60. The van der Waals surface area contributed by atoms with Crippen LogP contribution in [0.4, 0.5) is 11.4 Å². The molecule has 3 aromatic carbocycles. The molecule has 6 nitrogen and oxygen atoms in total. The number of thiocarbonyl (C=S) groups is 1. The van der Waals surface area contributed by atoms with Gasteiger partial charge in [0.15, 0.2) is 5.11 Å². The Morgan fingerprint density at radius 2 is 1.67 bits per heavy atom. The molecule has 0 aliphatic carbocycles. The highest BCUT2D eigenvalue weighted by Gasteiger charge is 2.15. The third-order valence-corrected chi connectivity index (χ3v) is 5.23. The number of rotatable bonds is 7. The molecule has 0 aliphatic rings. The van der Waals surface area contributed by atoms with Crippen LogP contribution in [0, 0.1) is 6.92 Å². The van der Waals surface area contributed by atoms with Gasteiger partial charge in [0.05, 0.1) is 12.2 Å². The fourth-order valence-electron chi connectivity index (χ4n) is 3.01. The second-order valence-corrected chi connectivity index (χ2v) is 8.63. The third-order valence-electron chi connectivity index (χ3n) is 4.53. The quantitative estimate of drug-likeness (QED) is 0.333. The van der Waals surface area contributed by atoms with Crippen molar-refractivity contribution in [2.75, 3.05) is 17.2 Å². The molecule has 3 N–H and O–H groups in total. The van der Waals surface area contributed by atoms with Crippen molar-refractivity contribution in [3.8, 4) is 5.75 Å². The number of halogens is 1. The van der Waals surface area contributed by atoms with E-state index in [0.717, 1.165) is 22.1 Å². The Balaban J connectivity index is 1.66. The fraction of sp³-hybridized carbons (Fsp3) is 0.160. The first kappa shape index (κ1) is 24.4. The van der Waals surface area contributed by atoms with Gasteiger partial charge in [0.25, 0.3) is 11.8 Å². The number of carbonyl (C=O) groups is 2. The number of hydrogen-bond donors (Lipinski definition) is 3. The molecule has 33 heavy (non-hydrogen) atoms. The summed E-state index contributed by atoms with van der Waals surface area (Å²) >= 11 is 8.69. The summed E-state index contributed by atoms with van der Waals surface area (Å²) in [4.78, 5) is 25.4. The number of aryl methyl sites for hydroxylation is 1. The Kier molecular flexibility index (Phi) is 8.57. The second kappa shape index (κ2) is 11.6. The molecule has 0 spiro atoms. The number of amides is 2. The number of anilines is 2. The smallest absolute Gasteiger partial charge is 0.261 e. The van der Waals surface area contributed by atoms with Gasteiger partial charge in [-0.25, -0.2) is 0 Å². The minimum Gasteiger partial charge on any atom is -0.493 e. The predicted molar refractivity (Wildman–Crippen MR) is 139 cm³/mol. The maximum atomic E-state index is 12.8. The Labute approximate surface area is 206 Å². The van der Waals surface area contributed by atoms with Crippen LogP contribution >= 0.6 is 28.1 Å². The van der Waals surface area contributed by atoms with Crippen LogP contribution < -0.4 is 20.7 Å². The van der Waals surface area contributed by atoms with Gasteiger partial charge < -0.3 is 15.4 Å². The topological polar surface area (TPSA) is 79.5 Å². The lowest BCUT2D eigenvalue weighted by Gasteiger charge is -2.14. The van der Waals surface area contributed by atoms with Crippen LogP contribution in [0.25, 0.3) is 0 Å². The first-order valence-corrected chi connectivity index (χ1v) is 11.6. The first-order chi connectivity index (χ1) is 15.9. The van der Waals surface area contributed by atoms with Crippen molar-refractivity contribution < 1.29 is 14.3 Å². The molecule has 0 unspecified atom stereocenters. The van der Waals surface area contributed by atoms with Crippen molar-refractivity contribution in [3.63, 3.8) is 0 Å². The number of carbonyl (C=O) groups excluding carboxylic acids is 2. The van der Waals surface area contributed by atoms with E-state index in [9.17, 15) is 9.59 Å². The summed E-state index contributed by atoms with van der Waals surface area (Å²) in [6, 6.07) is 19.7. The van der Waals surface area contributed by atoms with Crippen LogP contribution in [-0.4, -0.2) is 23.5 Å². The number of ether oxygens (including phenoxy) is 1. The van der Waals surface area contributed by atoms with Gasteiger partial charge in [0.1, 0.15) is 5.75 Å². The van der Waals surface area contributed by atoms with Crippen LogP contribution in [0.5, 0.6) is 5.75 Å². The molecular weight excluding hydrogens is 502 g/mol. The van der Waals surface area contributed by atoms with Gasteiger partial charge in [0, 0.05) is 21.4 Å². The van der Waals surface area contributed by atoms with E-state index in [-0.39, 0.29) is 11.0 Å². The second-order valence-electron chi connectivity index (χ2n) is 7.30. The van der Waals surface area contributed by atoms with Gasteiger partial charge in [-0.2, -0.15) is 0 Å². The maximum absolute atomic E-state index is 12.8. The molecular formula is C25H24BrN3O3S. The lowest BCUT2D eigenvalue weighted by Crippen LogP contribution is -2.34. The van der Waals surface area contributed by atoms with Gasteiger partial charge in [-0.3, -0.25) is 14.9 Å². The normalized spacial score (nSPS) is 10.3. The highest BCUT2D eigenvalue weighted by molar-refractivity contribution is 9.10. The molecule has 0 aromatic heterocycles. The summed E-state index contributed by atoms with van der Waals surface area (Å²) < 4.78 is 6.42. The van der Waals surface area contributed by atoms with Crippen LogP contribution in [0.15, 0.2) is 71.2 Å². The van der Waals surface area contributed by atoms with Crippen molar-refractivity contribution in [3.05, 3.63) is 87.9 Å². The molecule has 0 bridgehead atoms. The van der Waals surface area contributed by atoms with Gasteiger partial charge in [-0.05, 0) is 79.7 Å². The molecule has 3 aromatic rings. The van der Waals surface area contributed by atoms with E-state index >= 15 is 0 Å². The van der Waals surface area contributed by atoms with Gasteiger partial charge in [-0.1, -0.05) is 41.1 Å². The van der Waals surface area contributed by atoms with Crippen molar-refractivity contribution in [2.24, 2.45) is 0 Å². The number of nitrogens with one attached hydrogen (secondary N) is 3. The van der Waals surface area contributed by atoms with E-state index in [2.05, 4.69) is 31.9 Å². The van der Waals surface area contributed by atoms with Gasteiger partial charge >= 0.3 is 0 Å². The standard InChI is InChI=1S/C25H24BrN3O3S/c1-3-12-32-22-11-10-18(26)15-21(22)24(31)29-25(33)28-20-9-5-7-17(14-20)23(30)27-19-8-4-6-16(2)13-19/h4-11,13-15H,3,12H2,1-2H3,(H,27,30)(H2,28,29,31,33). The van der Waals surface area contributed by atoms with E-state index in [1.807, 2.05) is 44.2 Å². The van der Waals surface area contributed by atoms with Crippen LogP contribution in [-0.2, 0) is 0 Å². The van der Waals surface area contributed by atoms with Crippen LogP contribution in [0.2, 0.25) is 0 Å². The lowest BCUT2D eigenvalue weighted by atomic mass is 10.1. The minimum absolute atomic E-state index is 0.109. The zero-order valence-corrected chi connectivity index (χ0v) is 20.7. The molecule has 0 saturated heterocycles. The molecule has 0 saturated carbocycles. The van der Waals surface area contributed by atoms with E-state index in [0.29, 0.717) is 29.2 Å².